The maximum absolute atomic E-state index is 12.1. The van der Waals surface area contributed by atoms with Crippen molar-refractivity contribution in [3.63, 3.8) is 0 Å². The van der Waals surface area contributed by atoms with Gasteiger partial charge in [0.1, 0.15) is 5.75 Å². The lowest BCUT2D eigenvalue weighted by Gasteiger charge is -2.19. The van der Waals surface area contributed by atoms with Gasteiger partial charge in [0.2, 0.25) is 5.91 Å². The number of carbonyl (C=O) groups excluding carboxylic acids is 2. The quantitative estimate of drug-likeness (QED) is 0.908. The van der Waals surface area contributed by atoms with Crippen LogP contribution >= 0.6 is 0 Å². The summed E-state index contributed by atoms with van der Waals surface area (Å²) in [4.78, 5) is 25.9. The first-order valence-electron chi connectivity index (χ1n) is 8.43. The zero-order valence-corrected chi connectivity index (χ0v) is 14.5. The van der Waals surface area contributed by atoms with Gasteiger partial charge in [-0.2, -0.15) is 0 Å². The van der Waals surface area contributed by atoms with Crippen molar-refractivity contribution in [2.24, 2.45) is 0 Å². The van der Waals surface area contributed by atoms with Crippen LogP contribution in [-0.4, -0.2) is 25.0 Å². The van der Waals surface area contributed by atoms with E-state index in [0.717, 1.165) is 29.8 Å². The number of amides is 2. The second-order valence-electron chi connectivity index (χ2n) is 6.30. The fourth-order valence-electron chi connectivity index (χ4n) is 2.93. The van der Waals surface area contributed by atoms with Crippen molar-refractivity contribution in [1.82, 2.24) is 0 Å². The third-order valence-corrected chi connectivity index (χ3v) is 4.22. The molecule has 1 N–H and O–H groups in total. The standard InChI is InChI=1S/C20H22N2O3/c1-14-5-3-6-17(11-14)25-13-19(23)21-16-9-8-15(2)18(12-16)22-10-4-7-20(22)24/h3,5-6,8-9,11-12H,4,7,10,13H2,1-2H3,(H,21,23). The minimum absolute atomic E-state index is 0.0602. The predicted molar refractivity (Wildman–Crippen MR) is 98.1 cm³/mol. The topological polar surface area (TPSA) is 58.6 Å². The van der Waals surface area contributed by atoms with Gasteiger partial charge in [-0.25, -0.2) is 0 Å². The monoisotopic (exact) mass is 338 g/mol. The number of rotatable bonds is 5. The Bertz CT molecular complexity index is 801. The number of nitrogens with one attached hydrogen (secondary N) is 1. The molecule has 1 fully saturated rings. The average molecular weight is 338 g/mol. The maximum Gasteiger partial charge on any atom is 0.262 e. The molecule has 2 aromatic rings. The SMILES string of the molecule is Cc1cccc(OCC(=O)Nc2ccc(C)c(N3CCCC3=O)c2)c1. The molecule has 1 heterocycles. The first-order chi connectivity index (χ1) is 12.0. The van der Waals surface area contributed by atoms with Crippen LogP contribution in [0.5, 0.6) is 5.75 Å². The molecule has 0 radical (unpaired) electrons. The van der Waals surface area contributed by atoms with Gasteiger partial charge in [-0.15, -0.1) is 0 Å². The maximum atomic E-state index is 12.1. The van der Waals surface area contributed by atoms with Gasteiger partial charge in [0.15, 0.2) is 6.61 Å². The molecule has 0 aromatic heterocycles. The van der Waals surface area contributed by atoms with Gasteiger partial charge in [-0.1, -0.05) is 18.2 Å². The molecule has 1 aliphatic rings. The summed E-state index contributed by atoms with van der Waals surface area (Å²) in [5.74, 6) is 0.570. The van der Waals surface area contributed by atoms with E-state index in [9.17, 15) is 9.59 Å². The molecule has 0 unspecified atom stereocenters. The van der Waals surface area contributed by atoms with Crippen LogP contribution in [0.15, 0.2) is 42.5 Å². The Balaban J connectivity index is 1.64. The minimum atomic E-state index is -0.232. The second kappa shape index (κ2) is 7.38. The van der Waals surface area contributed by atoms with Gasteiger partial charge in [-0.3, -0.25) is 9.59 Å². The minimum Gasteiger partial charge on any atom is -0.484 e. The van der Waals surface area contributed by atoms with E-state index in [2.05, 4.69) is 5.32 Å². The Kier molecular flexibility index (Phi) is 5.03. The number of ether oxygens (including phenoxy) is 1. The van der Waals surface area contributed by atoms with Gasteiger partial charge in [0, 0.05) is 24.3 Å². The van der Waals surface area contributed by atoms with Gasteiger partial charge >= 0.3 is 0 Å². The number of hydrogen-bond acceptors (Lipinski definition) is 3. The van der Waals surface area contributed by atoms with Crippen LogP contribution in [0, 0.1) is 13.8 Å². The first-order valence-corrected chi connectivity index (χ1v) is 8.43. The van der Waals surface area contributed by atoms with E-state index in [0.29, 0.717) is 17.9 Å². The van der Waals surface area contributed by atoms with Crippen molar-refractivity contribution >= 4 is 23.2 Å². The molecule has 2 aromatic carbocycles. The highest BCUT2D eigenvalue weighted by Crippen LogP contribution is 2.28. The molecule has 3 rings (SSSR count). The van der Waals surface area contributed by atoms with Gasteiger partial charge in [-0.05, 0) is 55.7 Å². The zero-order chi connectivity index (χ0) is 17.8. The number of anilines is 2. The molecule has 130 valence electrons. The molecule has 1 saturated heterocycles. The zero-order valence-electron chi connectivity index (χ0n) is 14.5. The molecule has 0 aliphatic carbocycles. The molecule has 5 heteroatoms. The Morgan fingerprint density at radius 3 is 2.76 bits per heavy atom. The van der Waals surface area contributed by atoms with Crippen LogP contribution in [0.2, 0.25) is 0 Å². The number of benzene rings is 2. The molecule has 2 amide bonds. The molecule has 1 aliphatic heterocycles. The number of carbonyl (C=O) groups is 2. The summed E-state index contributed by atoms with van der Waals surface area (Å²) in [7, 11) is 0. The van der Waals surface area contributed by atoms with E-state index < -0.39 is 0 Å². The summed E-state index contributed by atoms with van der Waals surface area (Å²) < 4.78 is 5.52. The van der Waals surface area contributed by atoms with Crippen LogP contribution in [0.3, 0.4) is 0 Å². The highest BCUT2D eigenvalue weighted by Gasteiger charge is 2.23. The second-order valence-corrected chi connectivity index (χ2v) is 6.30. The van der Waals surface area contributed by atoms with Crippen LogP contribution in [0.4, 0.5) is 11.4 Å². The lowest BCUT2D eigenvalue weighted by Crippen LogP contribution is -2.25. The Morgan fingerprint density at radius 2 is 2.04 bits per heavy atom. The lowest BCUT2D eigenvalue weighted by molar-refractivity contribution is -0.118. The molecule has 0 spiro atoms. The van der Waals surface area contributed by atoms with E-state index in [1.807, 2.05) is 56.3 Å². The van der Waals surface area contributed by atoms with E-state index in [-0.39, 0.29) is 18.4 Å². The van der Waals surface area contributed by atoms with Crippen LogP contribution < -0.4 is 15.0 Å². The van der Waals surface area contributed by atoms with Gasteiger partial charge < -0.3 is 15.0 Å². The van der Waals surface area contributed by atoms with Crippen molar-refractivity contribution in [3.8, 4) is 5.75 Å². The lowest BCUT2D eigenvalue weighted by atomic mass is 10.1. The molecule has 0 bridgehead atoms. The summed E-state index contributed by atoms with van der Waals surface area (Å²) >= 11 is 0. The first kappa shape index (κ1) is 17.0. The molecule has 0 atom stereocenters. The molecular weight excluding hydrogens is 316 g/mol. The van der Waals surface area contributed by atoms with Crippen molar-refractivity contribution in [1.29, 1.82) is 0 Å². The summed E-state index contributed by atoms with van der Waals surface area (Å²) in [6.45, 7) is 4.61. The van der Waals surface area contributed by atoms with Crippen molar-refractivity contribution in [2.45, 2.75) is 26.7 Å². The van der Waals surface area contributed by atoms with Crippen LogP contribution in [-0.2, 0) is 9.59 Å². The molecule has 0 saturated carbocycles. The van der Waals surface area contributed by atoms with E-state index >= 15 is 0 Å². The Morgan fingerprint density at radius 1 is 1.20 bits per heavy atom. The van der Waals surface area contributed by atoms with Crippen molar-refractivity contribution < 1.29 is 14.3 Å². The van der Waals surface area contributed by atoms with E-state index in [1.54, 1.807) is 4.90 Å². The summed E-state index contributed by atoms with van der Waals surface area (Å²) in [6.07, 6.45) is 1.46. The predicted octanol–water partition coefficient (Wildman–Crippen LogP) is 3.45. The molecular formula is C20H22N2O3. The van der Waals surface area contributed by atoms with Crippen LogP contribution in [0.25, 0.3) is 0 Å². The highest BCUT2D eigenvalue weighted by atomic mass is 16.5. The third kappa shape index (κ3) is 4.18. The van der Waals surface area contributed by atoms with Crippen molar-refractivity contribution in [2.75, 3.05) is 23.4 Å². The fourth-order valence-corrected chi connectivity index (χ4v) is 2.93. The summed E-state index contributed by atoms with van der Waals surface area (Å²) in [5, 5.41) is 2.83. The van der Waals surface area contributed by atoms with Gasteiger partial charge in [0.05, 0.1) is 0 Å². The van der Waals surface area contributed by atoms with Crippen molar-refractivity contribution in [3.05, 3.63) is 53.6 Å². The third-order valence-electron chi connectivity index (χ3n) is 4.22. The summed E-state index contributed by atoms with van der Waals surface area (Å²) in [6, 6.07) is 13.2. The summed E-state index contributed by atoms with van der Waals surface area (Å²) in [5.41, 5.74) is 3.62. The average Bonchev–Trinajstić information content (AvgIpc) is 3.01. The Hall–Kier alpha value is -2.82. The molecule has 25 heavy (non-hydrogen) atoms. The fraction of sp³-hybridized carbons (Fsp3) is 0.300. The van der Waals surface area contributed by atoms with Crippen LogP contribution in [0.1, 0.15) is 24.0 Å². The number of hydrogen-bond donors (Lipinski definition) is 1. The number of aryl methyl sites for hydroxylation is 2. The number of nitrogens with zero attached hydrogens (tertiary/aromatic N) is 1. The Labute approximate surface area is 147 Å². The highest BCUT2D eigenvalue weighted by molar-refractivity contribution is 5.98. The normalized spacial score (nSPS) is 13.8. The van der Waals surface area contributed by atoms with E-state index in [4.69, 9.17) is 4.74 Å². The van der Waals surface area contributed by atoms with Gasteiger partial charge in [0.25, 0.3) is 5.91 Å². The molecule has 5 nitrogen and oxygen atoms in total. The largest absolute Gasteiger partial charge is 0.484 e. The smallest absolute Gasteiger partial charge is 0.262 e. The van der Waals surface area contributed by atoms with E-state index in [1.165, 1.54) is 0 Å².